The molecule has 6 nitrogen and oxygen atoms in total. The van der Waals surface area contributed by atoms with Crippen LogP contribution in [0.4, 0.5) is 0 Å². The first-order valence-electron chi connectivity index (χ1n) is 11.0. The minimum atomic E-state index is -3.84. The zero-order valence-electron chi connectivity index (χ0n) is 18.6. The van der Waals surface area contributed by atoms with Crippen LogP contribution in [0.1, 0.15) is 46.0 Å². The summed E-state index contributed by atoms with van der Waals surface area (Å²) in [4.78, 5) is 25.2. The normalized spacial score (nSPS) is 16.7. The standard InChI is InChI=1S/C26H24ClNO5S/c1-18-6-5-15-28(17-18)34(31,32)24-16-21(11-14-23(24)27)26(30)33-22-12-9-20(10-13-22)25(29)19-7-3-2-4-8-19/h2-4,7-14,16,18H,5-6,15,17H2,1H3. The van der Waals surface area contributed by atoms with Crippen molar-refractivity contribution in [2.24, 2.45) is 5.92 Å². The lowest BCUT2D eigenvalue weighted by Gasteiger charge is -2.30. The van der Waals surface area contributed by atoms with Crippen molar-refractivity contribution in [2.45, 2.75) is 24.7 Å². The lowest BCUT2D eigenvalue weighted by Crippen LogP contribution is -2.39. The van der Waals surface area contributed by atoms with Gasteiger partial charge in [0.15, 0.2) is 5.78 Å². The Morgan fingerprint density at radius 1 is 0.941 bits per heavy atom. The highest BCUT2D eigenvalue weighted by Crippen LogP contribution is 2.29. The summed E-state index contributed by atoms with van der Waals surface area (Å²) in [6.45, 7) is 2.85. The molecular formula is C26H24ClNO5S. The van der Waals surface area contributed by atoms with Gasteiger partial charge in [-0.25, -0.2) is 13.2 Å². The molecule has 0 amide bonds. The third kappa shape index (κ3) is 5.22. The Hall–Kier alpha value is -3.00. The molecule has 1 unspecified atom stereocenters. The molecule has 34 heavy (non-hydrogen) atoms. The maximum atomic E-state index is 13.2. The number of nitrogens with zero attached hydrogens (tertiary/aromatic N) is 1. The Morgan fingerprint density at radius 2 is 1.59 bits per heavy atom. The van der Waals surface area contributed by atoms with Gasteiger partial charge >= 0.3 is 5.97 Å². The van der Waals surface area contributed by atoms with Crippen LogP contribution in [0.25, 0.3) is 0 Å². The number of piperidine rings is 1. The topological polar surface area (TPSA) is 80.8 Å². The monoisotopic (exact) mass is 497 g/mol. The van der Waals surface area contributed by atoms with Crippen LogP contribution in [0.5, 0.6) is 5.75 Å². The van der Waals surface area contributed by atoms with Crippen LogP contribution in [0, 0.1) is 5.92 Å². The highest BCUT2D eigenvalue weighted by Gasteiger charge is 2.31. The van der Waals surface area contributed by atoms with Gasteiger partial charge < -0.3 is 4.74 Å². The highest BCUT2D eigenvalue weighted by molar-refractivity contribution is 7.89. The molecule has 0 radical (unpaired) electrons. The van der Waals surface area contributed by atoms with Gasteiger partial charge in [-0.15, -0.1) is 0 Å². The first-order chi connectivity index (χ1) is 16.3. The quantitative estimate of drug-likeness (QED) is 0.265. The summed E-state index contributed by atoms with van der Waals surface area (Å²) in [5.74, 6) is -0.369. The van der Waals surface area contributed by atoms with E-state index in [0.717, 1.165) is 12.8 Å². The van der Waals surface area contributed by atoms with E-state index >= 15 is 0 Å². The molecule has 1 aliphatic heterocycles. The van der Waals surface area contributed by atoms with E-state index in [4.69, 9.17) is 16.3 Å². The van der Waals surface area contributed by atoms with E-state index in [9.17, 15) is 18.0 Å². The van der Waals surface area contributed by atoms with E-state index in [0.29, 0.717) is 24.2 Å². The fourth-order valence-corrected chi connectivity index (χ4v) is 6.03. The Balaban J connectivity index is 1.51. The van der Waals surface area contributed by atoms with Crippen molar-refractivity contribution >= 4 is 33.4 Å². The molecule has 0 spiro atoms. The molecule has 0 N–H and O–H groups in total. The minimum absolute atomic E-state index is 0.0542. The second-order valence-electron chi connectivity index (χ2n) is 8.36. The smallest absolute Gasteiger partial charge is 0.343 e. The fraction of sp³-hybridized carbons (Fsp3) is 0.231. The van der Waals surface area contributed by atoms with Crippen molar-refractivity contribution in [3.8, 4) is 5.75 Å². The Morgan fingerprint density at radius 3 is 2.26 bits per heavy atom. The predicted molar refractivity (Wildman–Crippen MR) is 130 cm³/mol. The minimum Gasteiger partial charge on any atom is -0.423 e. The second kappa shape index (κ2) is 10.1. The highest BCUT2D eigenvalue weighted by atomic mass is 35.5. The van der Waals surface area contributed by atoms with Gasteiger partial charge in [-0.1, -0.05) is 48.9 Å². The van der Waals surface area contributed by atoms with Crippen LogP contribution in [-0.2, 0) is 10.0 Å². The van der Waals surface area contributed by atoms with Crippen molar-refractivity contribution in [2.75, 3.05) is 13.1 Å². The zero-order valence-corrected chi connectivity index (χ0v) is 20.2. The fourth-order valence-electron chi connectivity index (χ4n) is 3.93. The summed E-state index contributed by atoms with van der Waals surface area (Å²) in [5.41, 5.74) is 1.09. The van der Waals surface area contributed by atoms with Gasteiger partial charge in [-0.3, -0.25) is 4.79 Å². The number of hydrogen-bond acceptors (Lipinski definition) is 5. The van der Waals surface area contributed by atoms with E-state index in [1.165, 1.54) is 34.6 Å². The van der Waals surface area contributed by atoms with Gasteiger partial charge in [0.1, 0.15) is 10.6 Å². The molecule has 0 bridgehead atoms. The number of rotatable bonds is 6. The molecule has 4 rings (SSSR count). The first-order valence-corrected chi connectivity index (χ1v) is 12.8. The number of sulfonamides is 1. The van der Waals surface area contributed by atoms with Crippen LogP contribution in [-0.4, -0.2) is 37.6 Å². The largest absolute Gasteiger partial charge is 0.423 e. The number of ether oxygens (including phenoxy) is 1. The second-order valence-corrected chi connectivity index (χ2v) is 10.7. The lowest BCUT2D eigenvalue weighted by atomic mass is 10.0. The molecule has 8 heteroatoms. The van der Waals surface area contributed by atoms with Crippen molar-refractivity contribution in [1.29, 1.82) is 0 Å². The summed E-state index contributed by atoms with van der Waals surface area (Å²) in [6, 6.07) is 19.1. The maximum absolute atomic E-state index is 13.2. The summed E-state index contributed by atoms with van der Waals surface area (Å²) in [7, 11) is -3.84. The molecule has 1 atom stereocenters. The lowest BCUT2D eigenvalue weighted by molar-refractivity contribution is 0.0734. The summed E-state index contributed by atoms with van der Waals surface area (Å²) >= 11 is 6.21. The molecule has 3 aromatic carbocycles. The Kier molecular flexibility index (Phi) is 7.16. The van der Waals surface area contributed by atoms with Gasteiger partial charge in [-0.2, -0.15) is 4.31 Å². The Labute approximate surface area is 204 Å². The van der Waals surface area contributed by atoms with Gasteiger partial charge in [0.25, 0.3) is 0 Å². The van der Waals surface area contributed by atoms with E-state index < -0.39 is 16.0 Å². The molecular weight excluding hydrogens is 474 g/mol. The van der Waals surface area contributed by atoms with Gasteiger partial charge in [0, 0.05) is 24.2 Å². The van der Waals surface area contributed by atoms with Crippen LogP contribution in [0.2, 0.25) is 5.02 Å². The van der Waals surface area contributed by atoms with Crippen LogP contribution < -0.4 is 4.74 Å². The molecule has 1 aliphatic rings. The van der Waals surface area contributed by atoms with Crippen molar-refractivity contribution in [3.63, 3.8) is 0 Å². The van der Waals surface area contributed by atoms with Crippen LogP contribution in [0.3, 0.4) is 0 Å². The van der Waals surface area contributed by atoms with Crippen LogP contribution in [0.15, 0.2) is 77.7 Å². The Bertz CT molecular complexity index is 1310. The zero-order chi connectivity index (χ0) is 24.3. The van der Waals surface area contributed by atoms with Gasteiger partial charge in [0.2, 0.25) is 10.0 Å². The van der Waals surface area contributed by atoms with E-state index in [1.807, 2.05) is 13.0 Å². The third-order valence-electron chi connectivity index (χ3n) is 5.77. The number of halogens is 1. The molecule has 176 valence electrons. The van der Waals surface area contributed by atoms with E-state index in [1.54, 1.807) is 36.4 Å². The first kappa shape index (κ1) is 24.1. The molecule has 0 saturated carbocycles. The molecule has 1 fully saturated rings. The number of carbonyl (C=O) groups excluding carboxylic acids is 2. The average molecular weight is 498 g/mol. The predicted octanol–water partition coefficient (Wildman–Crippen LogP) is 5.21. The van der Waals surface area contributed by atoms with E-state index in [-0.39, 0.29) is 32.9 Å². The van der Waals surface area contributed by atoms with Gasteiger partial charge in [0.05, 0.1) is 10.6 Å². The average Bonchev–Trinajstić information content (AvgIpc) is 2.84. The summed E-state index contributed by atoms with van der Waals surface area (Å²) < 4.78 is 33.2. The molecule has 0 aromatic heterocycles. The van der Waals surface area contributed by atoms with Crippen molar-refractivity contribution in [1.82, 2.24) is 4.31 Å². The number of benzene rings is 3. The van der Waals surface area contributed by atoms with Crippen molar-refractivity contribution in [3.05, 3.63) is 94.5 Å². The molecule has 0 aliphatic carbocycles. The van der Waals surface area contributed by atoms with Gasteiger partial charge in [-0.05, 0) is 61.2 Å². The summed E-state index contributed by atoms with van der Waals surface area (Å²) in [5, 5.41) is 0.0542. The third-order valence-corrected chi connectivity index (χ3v) is 8.11. The molecule has 3 aromatic rings. The number of ketones is 1. The number of hydrogen-bond donors (Lipinski definition) is 0. The van der Waals surface area contributed by atoms with Crippen molar-refractivity contribution < 1.29 is 22.7 Å². The summed E-state index contributed by atoms with van der Waals surface area (Å²) in [6.07, 6.45) is 1.75. The SMILES string of the molecule is CC1CCCN(S(=O)(=O)c2cc(C(=O)Oc3ccc(C(=O)c4ccccc4)cc3)ccc2Cl)C1. The molecule has 1 saturated heterocycles. The molecule has 1 heterocycles. The van der Waals surface area contributed by atoms with Crippen LogP contribution >= 0.6 is 11.6 Å². The maximum Gasteiger partial charge on any atom is 0.343 e. The number of carbonyl (C=O) groups is 2. The van der Waals surface area contributed by atoms with E-state index in [2.05, 4.69) is 0 Å². The number of esters is 1.